The molecule has 0 unspecified atom stereocenters. The first-order valence-corrected chi connectivity index (χ1v) is 20.8. The zero-order valence-electron chi connectivity index (χ0n) is 35.9. The first kappa shape index (κ1) is 46.2. The molecule has 2 aliphatic heterocycles. The maximum absolute atomic E-state index is 15.3. The average molecular weight is 867 g/mol. The fourth-order valence-corrected chi connectivity index (χ4v) is 8.03. The van der Waals surface area contributed by atoms with Crippen molar-refractivity contribution in [3.8, 4) is 11.4 Å². The van der Waals surface area contributed by atoms with Gasteiger partial charge in [0.2, 0.25) is 23.6 Å². The average Bonchev–Trinajstić information content (AvgIpc) is 3.62. The Bertz CT molecular complexity index is 2300. The van der Waals surface area contributed by atoms with Crippen LogP contribution >= 0.6 is 0 Å². The fraction of sp³-hybridized carbons (Fsp3) is 0.558. The number of benzene rings is 1. The SMILES string of the molecule is CC[C@@]1(O)C(=O)OCc2c1cc1n(c2=O)Cc2c-1nc1cc(F)c(C)c3c1c2[C@@H](NC(=O)[C@H](C)NC(=O)[C@H](C)NC(=O)[C@H](C)NC(=O)CCOCCOCCOCCOC)CC3. The van der Waals surface area contributed by atoms with Crippen LogP contribution in [0.3, 0.4) is 0 Å². The minimum absolute atomic E-state index is 0.00547. The third-order valence-corrected chi connectivity index (χ3v) is 11.6. The van der Waals surface area contributed by atoms with Gasteiger partial charge in [0.25, 0.3) is 5.56 Å². The van der Waals surface area contributed by atoms with Crippen LogP contribution in [0.25, 0.3) is 22.3 Å². The van der Waals surface area contributed by atoms with Gasteiger partial charge >= 0.3 is 5.97 Å². The number of aryl methyl sites for hydroxylation is 1. The molecule has 0 bridgehead atoms. The highest BCUT2D eigenvalue weighted by Crippen LogP contribution is 2.46. The second-order valence-corrected chi connectivity index (χ2v) is 15.7. The summed E-state index contributed by atoms with van der Waals surface area (Å²) in [7, 11) is 1.59. The lowest BCUT2D eigenvalue weighted by Crippen LogP contribution is -2.54. The standard InChI is InChI=1S/C43H55FN6O12/c1-7-43(57)29-18-33-37-27(20-50(33)41(55)28(29)21-62-42(43)56)36-31(9-8-26-22(2)30(44)19-32(48-37)35(26)36)49-40(54)25(5)47-39(53)24(4)46-38(52)23(3)45-34(51)10-11-59-14-15-61-17-16-60-13-12-58-6/h18-19,23-25,31,57H,7-17,20-21H2,1-6H3,(H,45,51)(H,46,52)(H,47,53)(H,49,54)/t23-,24-,25-,31-,43-/m0/s1. The number of carbonyl (C=O) groups is 5. The van der Waals surface area contributed by atoms with Gasteiger partial charge in [-0.3, -0.25) is 24.0 Å². The molecule has 3 aromatic rings. The lowest BCUT2D eigenvalue weighted by atomic mass is 9.81. The molecule has 5 N–H and O–H groups in total. The van der Waals surface area contributed by atoms with E-state index in [-0.39, 0.29) is 50.3 Å². The Balaban J connectivity index is 1.07. The first-order valence-electron chi connectivity index (χ1n) is 20.8. The quantitative estimate of drug-likeness (QED) is 0.0622. The second-order valence-electron chi connectivity index (χ2n) is 15.7. The predicted octanol–water partition coefficient (Wildman–Crippen LogP) is 1.23. The van der Waals surface area contributed by atoms with Crippen molar-refractivity contribution in [2.24, 2.45) is 0 Å². The van der Waals surface area contributed by atoms with Gasteiger partial charge in [-0.1, -0.05) is 6.92 Å². The van der Waals surface area contributed by atoms with E-state index >= 15 is 4.39 Å². The van der Waals surface area contributed by atoms with Crippen LogP contribution in [0.4, 0.5) is 4.39 Å². The minimum atomic E-state index is -2.04. The largest absolute Gasteiger partial charge is 0.458 e. The molecule has 6 rings (SSSR count). The van der Waals surface area contributed by atoms with Gasteiger partial charge in [-0.05, 0) is 69.7 Å². The molecule has 336 valence electrons. The van der Waals surface area contributed by atoms with Gasteiger partial charge in [0, 0.05) is 36.1 Å². The van der Waals surface area contributed by atoms with E-state index in [1.165, 1.54) is 31.4 Å². The number of halogens is 1. The van der Waals surface area contributed by atoms with Crippen molar-refractivity contribution in [2.45, 2.75) is 103 Å². The smallest absolute Gasteiger partial charge is 0.343 e. The van der Waals surface area contributed by atoms with Crippen molar-refractivity contribution in [1.29, 1.82) is 0 Å². The van der Waals surface area contributed by atoms with Crippen LogP contribution in [0.5, 0.6) is 0 Å². The van der Waals surface area contributed by atoms with Crippen molar-refractivity contribution >= 4 is 40.5 Å². The highest BCUT2D eigenvalue weighted by molar-refractivity contribution is 5.96. The number of amides is 4. The van der Waals surface area contributed by atoms with Crippen LogP contribution < -0.4 is 26.8 Å². The molecule has 62 heavy (non-hydrogen) atoms. The van der Waals surface area contributed by atoms with Crippen LogP contribution in [0.15, 0.2) is 16.9 Å². The number of aliphatic hydroxyl groups is 1. The summed E-state index contributed by atoms with van der Waals surface area (Å²) < 4.78 is 43.0. The number of rotatable bonds is 20. The molecule has 3 aliphatic rings. The van der Waals surface area contributed by atoms with Crippen LogP contribution in [-0.2, 0) is 72.8 Å². The van der Waals surface area contributed by atoms with Crippen molar-refractivity contribution in [3.63, 3.8) is 0 Å². The highest BCUT2D eigenvalue weighted by atomic mass is 19.1. The fourth-order valence-electron chi connectivity index (χ4n) is 8.03. The van der Waals surface area contributed by atoms with E-state index in [9.17, 15) is 33.9 Å². The third-order valence-electron chi connectivity index (χ3n) is 11.6. The number of nitrogens with one attached hydrogen (secondary N) is 4. The van der Waals surface area contributed by atoms with Crippen molar-refractivity contribution in [1.82, 2.24) is 30.8 Å². The summed E-state index contributed by atoms with van der Waals surface area (Å²) in [6.07, 6.45) is 0.755. The summed E-state index contributed by atoms with van der Waals surface area (Å²) in [6.45, 7) is 10.0. The Morgan fingerprint density at radius 1 is 0.903 bits per heavy atom. The number of aromatic nitrogens is 2. The molecule has 0 spiro atoms. The van der Waals surface area contributed by atoms with Crippen LogP contribution in [0.1, 0.15) is 86.4 Å². The Hall–Kier alpha value is -5.34. The Morgan fingerprint density at radius 3 is 2.16 bits per heavy atom. The van der Waals surface area contributed by atoms with Crippen LogP contribution in [0, 0.1) is 12.7 Å². The maximum Gasteiger partial charge on any atom is 0.343 e. The Labute approximate surface area is 357 Å². The molecule has 2 aromatic heterocycles. The number of hydrogen-bond donors (Lipinski definition) is 5. The second kappa shape index (κ2) is 19.8. The highest BCUT2D eigenvalue weighted by Gasteiger charge is 2.46. The van der Waals surface area contributed by atoms with Crippen molar-refractivity contribution in [2.75, 3.05) is 53.4 Å². The first-order chi connectivity index (χ1) is 29.6. The maximum atomic E-state index is 15.3. The zero-order chi connectivity index (χ0) is 44.9. The number of methoxy groups -OCH3 is 1. The molecule has 5 atom stereocenters. The molecule has 1 aliphatic carbocycles. The summed E-state index contributed by atoms with van der Waals surface area (Å²) >= 11 is 0. The van der Waals surface area contributed by atoms with Crippen molar-refractivity contribution < 1.29 is 57.2 Å². The normalized spacial score (nSPS) is 18.8. The Morgan fingerprint density at radius 2 is 1.52 bits per heavy atom. The summed E-state index contributed by atoms with van der Waals surface area (Å²) in [5.74, 6) is -3.51. The van der Waals surface area contributed by atoms with Crippen LogP contribution in [0.2, 0.25) is 0 Å². The van der Waals surface area contributed by atoms with Crippen LogP contribution in [-0.4, -0.2) is 116 Å². The molecule has 4 heterocycles. The van der Waals surface area contributed by atoms with Gasteiger partial charge in [0.1, 0.15) is 30.5 Å². The van der Waals surface area contributed by atoms with E-state index in [0.29, 0.717) is 84.9 Å². The molecule has 0 fully saturated rings. The zero-order valence-corrected chi connectivity index (χ0v) is 35.9. The van der Waals surface area contributed by atoms with E-state index in [4.69, 9.17) is 28.7 Å². The van der Waals surface area contributed by atoms with Crippen molar-refractivity contribution in [3.05, 3.63) is 61.7 Å². The minimum Gasteiger partial charge on any atom is -0.458 e. The topological polar surface area (TPSA) is 235 Å². The summed E-state index contributed by atoms with van der Waals surface area (Å²) in [4.78, 5) is 83.7. The van der Waals surface area contributed by atoms with Gasteiger partial charge < -0.3 is 54.6 Å². The van der Waals surface area contributed by atoms with E-state index in [1.807, 2.05) is 0 Å². The van der Waals surface area contributed by atoms with E-state index in [1.54, 1.807) is 27.0 Å². The van der Waals surface area contributed by atoms with E-state index < -0.39 is 70.7 Å². The molecule has 0 radical (unpaired) electrons. The third kappa shape index (κ3) is 9.51. The van der Waals surface area contributed by atoms with Gasteiger partial charge in [-0.2, -0.15) is 0 Å². The molecule has 19 heteroatoms. The molecular formula is C43H55FN6O12. The number of ether oxygens (including phenoxy) is 5. The number of pyridine rings is 2. The molecular weight excluding hydrogens is 812 g/mol. The number of esters is 1. The number of hydrogen-bond acceptors (Lipinski definition) is 13. The lowest BCUT2D eigenvalue weighted by molar-refractivity contribution is -0.172. The molecule has 1 aromatic carbocycles. The monoisotopic (exact) mass is 866 g/mol. The predicted molar refractivity (Wildman–Crippen MR) is 220 cm³/mol. The number of fused-ring (bicyclic) bond motifs is 5. The molecule has 18 nitrogen and oxygen atoms in total. The number of cyclic esters (lactones) is 1. The number of carbonyl (C=O) groups excluding carboxylic acids is 5. The summed E-state index contributed by atoms with van der Waals surface area (Å²) in [5.41, 5.74) is 1.30. The summed E-state index contributed by atoms with van der Waals surface area (Å²) in [5, 5.41) is 22.8. The summed E-state index contributed by atoms with van der Waals surface area (Å²) in [6, 6.07) is -0.827. The van der Waals surface area contributed by atoms with E-state index in [0.717, 1.165) is 5.56 Å². The Kier molecular flexibility index (Phi) is 14.7. The molecule has 4 amide bonds. The van der Waals surface area contributed by atoms with E-state index in [2.05, 4.69) is 21.3 Å². The molecule has 0 saturated heterocycles. The van der Waals surface area contributed by atoms with Gasteiger partial charge in [0.15, 0.2) is 5.60 Å². The van der Waals surface area contributed by atoms with Gasteiger partial charge in [-0.25, -0.2) is 14.2 Å². The van der Waals surface area contributed by atoms with Gasteiger partial charge in [0.05, 0.1) is 81.3 Å². The molecule has 0 saturated carbocycles. The van der Waals surface area contributed by atoms with Gasteiger partial charge in [-0.15, -0.1) is 0 Å². The lowest BCUT2D eigenvalue weighted by Gasteiger charge is -2.31. The number of nitrogens with zero attached hydrogens (tertiary/aromatic N) is 2.